The summed E-state index contributed by atoms with van der Waals surface area (Å²) in [5.74, 6) is -0.267. The number of carbonyl (C=O) groups excluding carboxylic acids is 1. The van der Waals surface area contributed by atoms with Gasteiger partial charge in [-0.25, -0.2) is 0 Å². The third-order valence-electron chi connectivity index (χ3n) is 19.3. The molecule has 0 spiro atoms. The summed E-state index contributed by atoms with van der Waals surface area (Å²) in [6.45, 7) is 1.79. The van der Waals surface area contributed by atoms with E-state index < -0.39 is 124 Å². The summed E-state index contributed by atoms with van der Waals surface area (Å²) >= 11 is 0. The van der Waals surface area contributed by atoms with Gasteiger partial charge in [0.15, 0.2) is 18.9 Å². The molecule has 17 atom stereocenters. The van der Waals surface area contributed by atoms with Crippen LogP contribution in [0.4, 0.5) is 0 Å². The fourth-order valence-corrected chi connectivity index (χ4v) is 13.2. The Morgan fingerprint density at radius 1 is 0.380 bits per heavy atom. The molecule has 1 amide bonds. The highest BCUT2D eigenvalue weighted by Gasteiger charge is 2.53. The van der Waals surface area contributed by atoms with Crippen molar-refractivity contribution in [2.75, 3.05) is 26.4 Å². The minimum atomic E-state index is -1.98. The maximum Gasteiger partial charge on any atom is 0.220 e. The molecule has 19 nitrogen and oxygen atoms in total. The van der Waals surface area contributed by atoms with E-state index in [2.05, 4.69) is 19.2 Å². The number of aliphatic hydroxyl groups is 11. The van der Waals surface area contributed by atoms with Gasteiger partial charge in [0, 0.05) is 6.42 Å². The lowest BCUT2D eigenvalue weighted by Gasteiger charge is -2.48. The van der Waals surface area contributed by atoms with Crippen LogP contribution in [0.25, 0.3) is 0 Å². The molecular formula is C73H139NO18. The summed E-state index contributed by atoms with van der Waals surface area (Å²) in [4.78, 5) is 13.4. The maximum absolute atomic E-state index is 13.4. The Hall–Kier alpha value is -1.47. The summed E-state index contributed by atoms with van der Waals surface area (Å²) in [5.41, 5.74) is 0. The highest BCUT2D eigenvalue weighted by molar-refractivity contribution is 5.76. The van der Waals surface area contributed by atoms with Gasteiger partial charge in [0.05, 0.1) is 38.6 Å². The van der Waals surface area contributed by atoms with Crippen LogP contribution < -0.4 is 5.32 Å². The van der Waals surface area contributed by atoms with Crippen molar-refractivity contribution in [1.29, 1.82) is 0 Å². The molecule has 0 radical (unpaired) electrons. The first-order valence-electron chi connectivity index (χ1n) is 37.9. The number of amides is 1. The molecule has 92 heavy (non-hydrogen) atoms. The van der Waals surface area contributed by atoms with E-state index in [0.29, 0.717) is 6.42 Å². The van der Waals surface area contributed by atoms with Crippen molar-refractivity contribution in [3.8, 4) is 0 Å². The van der Waals surface area contributed by atoms with Crippen LogP contribution >= 0.6 is 0 Å². The molecule has 0 bridgehead atoms. The monoisotopic (exact) mass is 1320 g/mol. The largest absolute Gasteiger partial charge is 0.394 e. The Morgan fingerprint density at radius 2 is 0.674 bits per heavy atom. The van der Waals surface area contributed by atoms with E-state index >= 15 is 0 Å². The number of allylic oxidation sites excluding steroid dienone is 1. The molecule has 544 valence electrons. The Labute approximate surface area is 556 Å². The Morgan fingerprint density at radius 3 is 1.02 bits per heavy atom. The van der Waals surface area contributed by atoms with Gasteiger partial charge in [0.1, 0.15) is 73.2 Å². The number of aliphatic hydroxyl groups excluding tert-OH is 11. The minimum absolute atomic E-state index is 0.250. The molecule has 3 rings (SSSR count). The van der Waals surface area contributed by atoms with Crippen LogP contribution in [0.5, 0.6) is 0 Å². The first-order chi connectivity index (χ1) is 44.8. The highest BCUT2D eigenvalue weighted by atomic mass is 16.8. The predicted molar refractivity (Wildman–Crippen MR) is 360 cm³/mol. The van der Waals surface area contributed by atoms with Crippen molar-refractivity contribution in [2.45, 2.75) is 420 Å². The van der Waals surface area contributed by atoms with E-state index in [9.17, 15) is 61.0 Å². The Balaban J connectivity index is 1.40. The zero-order valence-corrected chi connectivity index (χ0v) is 57.8. The quantitative estimate of drug-likeness (QED) is 0.0199. The highest BCUT2D eigenvalue weighted by Crippen LogP contribution is 2.33. The number of rotatable bonds is 60. The molecule has 3 aliphatic rings. The molecule has 3 heterocycles. The SMILES string of the molecule is CCCCCCCCCCCCCCCCCCCC/C=C/C(O)C(COC1OC(CO)C(OC2OC(CO)C(OC3OC(CO)C(O)C(O)C3O)C(O)C2O)C(O)C1O)NC(=O)CCCCCCCCCCCCCCCCCCCCCCCCCCCCC. The van der Waals surface area contributed by atoms with Gasteiger partial charge in [-0.15, -0.1) is 0 Å². The van der Waals surface area contributed by atoms with Crippen LogP contribution in [0, 0.1) is 0 Å². The summed E-state index contributed by atoms with van der Waals surface area (Å²) < 4.78 is 34.4. The molecule has 0 aromatic carbocycles. The predicted octanol–water partition coefficient (Wildman–Crippen LogP) is 11.2. The smallest absolute Gasteiger partial charge is 0.220 e. The Kier molecular flexibility index (Phi) is 51.0. The summed E-state index contributed by atoms with van der Waals surface area (Å²) in [6, 6.07) is -0.969. The molecule has 12 N–H and O–H groups in total. The van der Waals surface area contributed by atoms with Crippen LogP contribution in [0.2, 0.25) is 0 Å². The number of carbonyl (C=O) groups is 1. The third-order valence-corrected chi connectivity index (χ3v) is 19.3. The summed E-state index contributed by atoms with van der Waals surface area (Å²) in [5, 5.41) is 121. The molecule has 0 aromatic rings. The second-order valence-electron chi connectivity index (χ2n) is 27.5. The van der Waals surface area contributed by atoms with Crippen molar-refractivity contribution >= 4 is 5.91 Å². The standard InChI is InChI=1S/C73H139NO18/c1-3-5-7-9-11-13-15-17-19-21-23-25-26-27-28-29-30-31-33-35-37-39-41-43-45-47-49-51-61(79)74-56(57(78)50-48-46-44-42-40-38-36-34-32-24-22-20-18-16-14-12-10-8-6-4-2)55-87-71-67(85)64(82)69(59(53-76)89-71)92-73-68(86)65(83)70(60(54-77)90-73)91-72-66(84)63(81)62(80)58(52-75)88-72/h48,50,56-60,62-73,75-78,80-86H,3-47,49,51-55H2,1-2H3,(H,74,79)/b50-48+. The lowest BCUT2D eigenvalue weighted by atomic mass is 9.96. The van der Waals surface area contributed by atoms with Gasteiger partial charge in [0.2, 0.25) is 5.91 Å². The lowest BCUT2D eigenvalue weighted by molar-refractivity contribution is -0.379. The lowest BCUT2D eigenvalue weighted by Crippen LogP contribution is -2.66. The topological polar surface area (TPSA) is 307 Å². The number of hydrogen-bond donors (Lipinski definition) is 12. The number of nitrogens with one attached hydrogen (secondary N) is 1. The van der Waals surface area contributed by atoms with Crippen LogP contribution in [-0.2, 0) is 33.2 Å². The van der Waals surface area contributed by atoms with Gasteiger partial charge in [0.25, 0.3) is 0 Å². The normalized spacial score (nSPS) is 27.7. The van der Waals surface area contributed by atoms with E-state index in [-0.39, 0.29) is 18.9 Å². The van der Waals surface area contributed by atoms with Crippen LogP contribution in [-0.4, -0.2) is 193 Å². The molecule has 0 aliphatic carbocycles. The van der Waals surface area contributed by atoms with Crippen molar-refractivity contribution < 1.29 is 89.4 Å². The van der Waals surface area contributed by atoms with Gasteiger partial charge >= 0.3 is 0 Å². The minimum Gasteiger partial charge on any atom is -0.394 e. The fourth-order valence-electron chi connectivity index (χ4n) is 13.2. The number of ether oxygens (including phenoxy) is 6. The van der Waals surface area contributed by atoms with E-state index in [4.69, 9.17) is 28.4 Å². The van der Waals surface area contributed by atoms with Gasteiger partial charge in [-0.3, -0.25) is 4.79 Å². The van der Waals surface area contributed by atoms with Crippen LogP contribution in [0.1, 0.15) is 316 Å². The average molecular weight is 1320 g/mol. The van der Waals surface area contributed by atoms with Crippen molar-refractivity contribution in [1.82, 2.24) is 5.32 Å². The van der Waals surface area contributed by atoms with E-state index in [1.54, 1.807) is 6.08 Å². The maximum atomic E-state index is 13.4. The molecule has 0 saturated carbocycles. The van der Waals surface area contributed by atoms with Gasteiger partial charge in [-0.1, -0.05) is 302 Å². The summed E-state index contributed by atoms with van der Waals surface area (Å²) in [7, 11) is 0. The van der Waals surface area contributed by atoms with Crippen molar-refractivity contribution in [3.63, 3.8) is 0 Å². The van der Waals surface area contributed by atoms with Crippen molar-refractivity contribution in [2.24, 2.45) is 0 Å². The van der Waals surface area contributed by atoms with E-state index in [1.165, 1.54) is 244 Å². The Bertz CT molecular complexity index is 1720. The second kappa shape index (κ2) is 55.4. The molecule has 17 unspecified atom stereocenters. The van der Waals surface area contributed by atoms with Gasteiger partial charge < -0.3 is 89.9 Å². The number of hydrogen-bond acceptors (Lipinski definition) is 18. The molecule has 3 saturated heterocycles. The van der Waals surface area contributed by atoms with Gasteiger partial charge in [-0.2, -0.15) is 0 Å². The van der Waals surface area contributed by atoms with Crippen molar-refractivity contribution in [3.05, 3.63) is 12.2 Å². The molecule has 3 fully saturated rings. The van der Waals surface area contributed by atoms with Gasteiger partial charge in [-0.05, 0) is 19.3 Å². The first kappa shape index (κ1) is 84.8. The fraction of sp³-hybridized carbons (Fsp3) is 0.959. The zero-order valence-electron chi connectivity index (χ0n) is 57.8. The summed E-state index contributed by atoms with van der Waals surface area (Å²) in [6.07, 6.45) is 36.2. The molecule has 0 aromatic heterocycles. The molecular weight excluding hydrogens is 1180 g/mol. The zero-order chi connectivity index (χ0) is 66.8. The number of unbranched alkanes of at least 4 members (excludes halogenated alkanes) is 44. The third kappa shape index (κ3) is 36.4. The van der Waals surface area contributed by atoms with E-state index in [0.717, 1.165) is 44.9 Å². The first-order valence-corrected chi connectivity index (χ1v) is 37.9. The van der Waals surface area contributed by atoms with Crippen LogP contribution in [0.15, 0.2) is 12.2 Å². The second-order valence-corrected chi connectivity index (χ2v) is 27.5. The molecule has 3 aliphatic heterocycles. The molecule has 19 heteroatoms. The van der Waals surface area contributed by atoms with Crippen LogP contribution in [0.3, 0.4) is 0 Å². The van der Waals surface area contributed by atoms with E-state index in [1.807, 2.05) is 6.08 Å². The average Bonchev–Trinajstić information content (AvgIpc) is 0.813.